The number of hydrogen-bond donors (Lipinski definition) is 0. The van der Waals surface area contributed by atoms with Crippen LogP contribution >= 0.6 is 22.9 Å². The molecular weight excluding hydrogens is 392 g/mol. The van der Waals surface area contributed by atoms with E-state index in [1.54, 1.807) is 41.9 Å². The van der Waals surface area contributed by atoms with Gasteiger partial charge in [0.15, 0.2) is 14.6 Å². The van der Waals surface area contributed by atoms with Gasteiger partial charge in [0.1, 0.15) is 5.75 Å². The van der Waals surface area contributed by atoms with Crippen LogP contribution in [0, 0.1) is 6.92 Å². The second-order valence-electron chi connectivity index (χ2n) is 6.01. The number of halogens is 1. The maximum atomic E-state index is 12.3. The lowest BCUT2D eigenvalue weighted by molar-refractivity contribution is -0.115. The van der Waals surface area contributed by atoms with Gasteiger partial charge in [0, 0.05) is 7.05 Å². The van der Waals surface area contributed by atoms with Gasteiger partial charge in [-0.15, -0.1) is 0 Å². The smallest absolute Gasteiger partial charge is 0.263 e. The molecule has 0 aliphatic rings. The van der Waals surface area contributed by atoms with Crippen molar-refractivity contribution < 1.29 is 13.2 Å². The zero-order valence-electron chi connectivity index (χ0n) is 14.3. The van der Waals surface area contributed by atoms with Crippen LogP contribution in [0.1, 0.15) is 11.1 Å². The lowest BCUT2D eigenvalue weighted by Gasteiger charge is -2.02. The third kappa shape index (κ3) is 4.06. The van der Waals surface area contributed by atoms with E-state index in [2.05, 4.69) is 4.99 Å². The van der Waals surface area contributed by atoms with E-state index in [4.69, 9.17) is 11.6 Å². The van der Waals surface area contributed by atoms with Crippen molar-refractivity contribution in [2.45, 2.75) is 12.7 Å². The summed E-state index contributed by atoms with van der Waals surface area (Å²) in [6.45, 7) is 1.95. The Morgan fingerprint density at radius 3 is 2.54 bits per heavy atom. The lowest BCUT2D eigenvalue weighted by Crippen LogP contribution is -2.20. The fraction of sp³-hybridized carbons (Fsp3) is 0.222. The van der Waals surface area contributed by atoms with Crippen LogP contribution in [0.3, 0.4) is 0 Å². The van der Waals surface area contributed by atoms with Crippen LogP contribution in [0.15, 0.2) is 47.5 Å². The van der Waals surface area contributed by atoms with E-state index in [9.17, 15) is 13.2 Å². The molecule has 0 radical (unpaired) electrons. The molecule has 0 saturated heterocycles. The Morgan fingerprint density at radius 1 is 1.19 bits per heavy atom. The molecule has 1 amide bonds. The Balaban J connectivity index is 1.90. The van der Waals surface area contributed by atoms with E-state index < -0.39 is 21.5 Å². The van der Waals surface area contributed by atoms with Crippen molar-refractivity contribution in [3.05, 3.63) is 63.4 Å². The molecule has 3 rings (SSSR count). The van der Waals surface area contributed by atoms with Crippen LogP contribution < -0.4 is 4.80 Å². The average molecular weight is 409 g/mol. The van der Waals surface area contributed by atoms with Crippen molar-refractivity contribution in [2.75, 3.05) is 5.75 Å². The number of carbonyl (C=O) groups excluding carboxylic acids is 1. The van der Waals surface area contributed by atoms with E-state index in [1.807, 2.05) is 19.1 Å². The summed E-state index contributed by atoms with van der Waals surface area (Å²) in [6, 6.07) is 12.5. The molecule has 0 aliphatic heterocycles. The summed E-state index contributed by atoms with van der Waals surface area (Å²) in [4.78, 5) is 16.7. The summed E-state index contributed by atoms with van der Waals surface area (Å²) >= 11 is 7.49. The van der Waals surface area contributed by atoms with Crippen LogP contribution in [-0.2, 0) is 27.4 Å². The van der Waals surface area contributed by atoms with E-state index >= 15 is 0 Å². The Bertz CT molecular complexity index is 1150. The third-order valence-corrected chi connectivity index (χ3v) is 6.95. The summed E-state index contributed by atoms with van der Waals surface area (Å²) in [6.07, 6.45) is 0. The highest BCUT2D eigenvalue weighted by atomic mass is 35.5. The molecule has 26 heavy (non-hydrogen) atoms. The fourth-order valence-corrected chi connectivity index (χ4v) is 5.35. The largest absolute Gasteiger partial charge is 0.319 e. The van der Waals surface area contributed by atoms with Gasteiger partial charge in [-0.05, 0) is 24.1 Å². The number of amides is 1. The van der Waals surface area contributed by atoms with Crippen molar-refractivity contribution in [1.82, 2.24) is 4.57 Å². The van der Waals surface area contributed by atoms with Crippen molar-refractivity contribution in [3.63, 3.8) is 0 Å². The average Bonchev–Trinajstić information content (AvgIpc) is 2.89. The lowest BCUT2D eigenvalue weighted by atomic mass is 10.2. The number of aromatic nitrogens is 1. The summed E-state index contributed by atoms with van der Waals surface area (Å²) in [7, 11) is -1.80. The predicted molar refractivity (Wildman–Crippen MR) is 105 cm³/mol. The highest BCUT2D eigenvalue weighted by Gasteiger charge is 2.18. The Morgan fingerprint density at radius 2 is 1.88 bits per heavy atom. The molecule has 0 N–H and O–H groups in total. The standard InChI is InChI=1S/C18H17ClN2O3S2/c1-12-8-9-14(19)17-16(12)21(2)18(25-17)20-15(22)11-26(23,24)10-13-6-4-3-5-7-13/h3-9H,10-11H2,1-2H3. The van der Waals surface area contributed by atoms with Crippen molar-refractivity contribution in [2.24, 2.45) is 12.0 Å². The van der Waals surface area contributed by atoms with Crippen LogP contribution in [0.25, 0.3) is 10.2 Å². The number of carbonyl (C=O) groups is 1. The number of sulfone groups is 1. The second-order valence-corrected chi connectivity index (χ2v) is 9.46. The van der Waals surface area contributed by atoms with Gasteiger partial charge < -0.3 is 4.57 Å². The van der Waals surface area contributed by atoms with Gasteiger partial charge in [0.05, 0.1) is 21.0 Å². The quantitative estimate of drug-likeness (QED) is 0.665. The van der Waals surface area contributed by atoms with E-state index in [0.29, 0.717) is 15.4 Å². The van der Waals surface area contributed by atoms with Crippen LogP contribution in [-0.4, -0.2) is 24.6 Å². The molecule has 0 saturated carbocycles. The molecule has 2 aromatic carbocycles. The first-order valence-electron chi connectivity index (χ1n) is 7.83. The SMILES string of the molecule is Cc1ccc(Cl)c2sc(=NC(=O)CS(=O)(=O)Cc3ccccc3)n(C)c12. The number of rotatable bonds is 4. The number of hydrogen-bond acceptors (Lipinski definition) is 4. The van der Waals surface area contributed by atoms with Gasteiger partial charge in [-0.3, -0.25) is 4.79 Å². The normalized spacial score (nSPS) is 12.7. The number of benzene rings is 2. The minimum Gasteiger partial charge on any atom is -0.319 e. The second kappa shape index (κ2) is 7.34. The molecule has 0 aliphatic carbocycles. The molecule has 0 atom stereocenters. The van der Waals surface area contributed by atoms with Crippen molar-refractivity contribution in [3.8, 4) is 0 Å². The first kappa shape index (κ1) is 18.8. The number of aryl methyl sites for hydroxylation is 2. The molecule has 0 bridgehead atoms. The van der Waals surface area contributed by atoms with Gasteiger partial charge in [0.2, 0.25) is 0 Å². The summed E-state index contributed by atoms with van der Waals surface area (Å²) in [5.41, 5.74) is 2.55. The van der Waals surface area contributed by atoms with E-state index in [1.165, 1.54) is 11.3 Å². The minimum atomic E-state index is -3.59. The van der Waals surface area contributed by atoms with Gasteiger partial charge in [-0.2, -0.15) is 4.99 Å². The van der Waals surface area contributed by atoms with Gasteiger partial charge in [-0.1, -0.05) is 59.3 Å². The molecule has 3 aromatic rings. The molecular formula is C18H17ClN2O3S2. The third-order valence-electron chi connectivity index (χ3n) is 3.89. The fourth-order valence-electron chi connectivity index (χ4n) is 2.72. The number of nitrogens with zero attached hydrogens (tertiary/aromatic N) is 2. The zero-order chi connectivity index (χ0) is 18.9. The zero-order valence-corrected chi connectivity index (χ0v) is 16.7. The topological polar surface area (TPSA) is 68.5 Å². The summed E-state index contributed by atoms with van der Waals surface area (Å²) in [5.74, 6) is -1.49. The minimum absolute atomic E-state index is 0.182. The first-order valence-corrected chi connectivity index (χ1v) is 10.8. The first-order chi connectivity index (χ1) is 12.3. The predicted octanol–water partition coefficient (Wildman–Crippen LogP) is 3.24. The van der Waals surface area contributed by atoms with Gasteiger partial charge in [-0.25, -0.2) is 8.42 Å². The molecule has 0 fully saturated rings. The highest BCUT2D eigenvalue weighted by Crippen LogP contribution is 2.28. The highest BCUT2D eigenvalue weighted by molar-refractivity contribution is 7.91. The number of thiazole rings is 1. The monoisotopic (exact) mass is 408 g/mol. The molecule has 5 nitrogen and oxygen atoms in total. The maximum Gasteiger partial charge on any atom is 0.263 e. The van der Waals surface area contributed by atoms with E-state index in [-0.39, 0.29) is 5.75 Å². The molecule has 1 heterocycles. The van der Waals surface area contributed by atoms with Crippen molar-refractivity contribution in [1.29, 1.82) is 0 Å². The molecule has 0 spiro atoms. The summed E-state index contributed by atoms with van der Waals surface area (Å²) < 4.78 is 27.1. The molecule has 136 valence electrons. The Kier molecular flexibility index (Phi) is 5.32. The van der Waals surface area contributed by atoms with Crippen LogP contribution in [0.5, 0.6) is 0 Å². The Hall–Kier alpha value is -1.96. The molecule has 1 aromatic heterocycles. The Labute approximate surface area is 160 Å². The van der Waals surface area contributed by atoms with Gasteiger partial charge in [0.25, 0.3) is 5.91 Å². The number of fused-ring (bicyclic) bond motifs is 1. The van der Waals surface area contributed by atoms with Crippen molar-refractivity contribution >= 4 is 48.9 Å². The van der Waals surface area contributed by atoms with Crippen LogP contribution in [0.4, 0.5) is 0 Å². The van der Waals surface area contributed by atoms with Gasteiger partial charge >= 0.3 is 0 Å². The van der Waals surface area contributed by atoms with E-state index in [0.717, 1.165) is 15.8 Å². The molecule has 0 unspecified atom stereocenters. The maximum absolute atomic E-state index is 12.3. The van der Waals surface area contributed by atoms with Crippen LogP contribution in [0.2, 0.25) is 5.02 Å². The molecule has 8 heteroatoms. The summed E-state index contributed by atoms with van der Waals surface area (Å²) in [5, 5.41) is 0.580.